The lowest BCUT2D eigenvalue weighted by Gasteiger charge is -2.12. The Balaban J connectivity index is 2.51. The molecule has 4 nitrogen and oxygen atoms in total. The van der Waals surface area contributed by atoms with Gasteiger partial charge in [0.25, 0.3) is 0 Å². The molecule has 0 atom stereocenters. The smallest absolute Gasteiger partial charge is 0.161 e. The molecule has 0 aliphatic rings. The second kappa shape index (κ2) is 9.64. The first-order valence-corrected chi connectivity index (χ1v) is 7.05. The van der Waals surface area contributed by atoms with Crippen LogP contribution in [0, 0.1) is 0 Å². The minimum atomic E-state index is 0.652. The molecule has 1 aromatic rings. The van der Waals surface area contributed by atoms with Gasteiger partial charge in [0.1, 0.15) is 0 Å². The van der Waals surface area contributed by atoms with E-state index in [1.165, 1.54) is 5.56 Å². The summed E-state index contributed by atoms with van der Waals surface area (Å²) >= 11 is 0. The van der Waals surface area contributed by atoms with Crippen LogP contribution in [-0.2, 0) is 6.54 Å². The quantitative estimate of drug-likeness (QED) is 0.637. The summed E-state index contributed by atoms with van der Waals surface area (Å²) < 4.78 is 11.2. The summed E-state index contributed by atoms with van der Waals surface area (Å²) in [6.45, 7) is 8.18. The second-order valence-corrected chi connectivity index (χ2v) is 4.28. The molecule has 0 aromatic heterocycles. The molecule has 2 N–H and O–H groups in total. The Morgan fingerprint density at radius 2 is 1.74 bits per heavy atom. The first-order valence-electron chi connectivity index (χ1n) is 7.05. The maximum absolute atomic E-state index is 5.61. The Labute approximate surface area is 116 Å². The van der Waals surface area contributed by atoms with Crippen LogP contribution < -0.4 is 20.1 Å². The van der Waals surface area contributed by atoms with Crippen molar-refractivity contribution < 1.29 is 9.47 Å². The van der Waals surface area contributed by atoms with E-state index in [2.05, 4.69) is 22.8 Å². The molecule has 0 radical (unpaired) electrons. The summed E-state index contributed by atoms with van der Waals surface area (Å²) in [5, 5.41) is 6.56. The van der Waals surface area contributed by atoms with Crippen molar-refractivity contribution in [3.63, 3.8) is 0 Å². The van der Waals surface area contributed by atoms with Crippen LogP contribution in [0.4, 0.5) is 0 Å². The first kappa shape index (κ1) is 15.8. The number of hydrogen-bond acceptors (Lipinski definition) is 4. The summed E-state index contributed by atoms with van der Waals surface area (Å²) in [7, 11) is 1.97. The summed E-state index contributed by atoms with van der Waals surface area (Å²) in [4.78, 5) is 0. The molecule has 0 saturated carbocycles. The van der Waals surface area contributed by atoms with Crippen molar-refractivity contribution in [2.75, 3.05) is 33.4 Å². The number of ether oxygens (including phenoxy) is 2. The molecule has 0 bridgehead atoms. The first-order chi connectivity index (χ1) is 9.31. The van der Waals surface area contributed by atoms with Gasteiger partial charge in [-0.15, -0.1) is 0 Å². The van der Waals surface area contributed by atoms with Crippen LogP contribution >= 0.6 is 0 Å². The van der Waals surface area contributed by atoms with Gasteiger partial charge in [0.15, 0.2) is 11.5 Å². The third kappa shape index (κ3) is 5.94. The van der Waals surface area contributed by atoms with Crippen LogP contribution in [-0.4, -0.2) is 33.4 Å². The zero-order valence-electron chi connectivity index (χ0n) is 12.3. The van der Waals surface area contributed by atoms with Crippen molar-refractivity contribution in [3.05, 3.63) is 23.8 Å². The average Bonchev–Trinajstić information content (AvgIpc) is 2.42. The molecular formula is C15H26N2O2. The van der Waals surface area contributed by atoms with Crippen LogP contribution in [0.2, 0.25) is 0 Å². The van der Waals surface area contributed by atoms with E-state index in [-0.39, 0.29) is 0 Å². The molecule has 0 fully saturated rings. The molecule has 0 amide bonds. The highest BCUT2D eigenvalue weighted by molar-refractivity contribution is 5.43. The number of benzene rings is 1. The zero-order valence-corrected chi connectivity index (χ0v) is 12.3. The van der Waals surface area contributed by atoms with Gasteiger partial charge in [0, 0.05) is 6.54 Å². The van der Waals surface area contributed by atoms with E-state index in [1.807, 2.05) is 27.0 Å². The maximum Gasteiger partial charge on any atom is 0.161 e. The van der Waals surface area contributed by atoms with Crippen LogP contribution in [0.1, 0.15) is 25.8 Å². The van der Waals surface area contributed by atoms with Gasteiger partial charge in [-0.05, 0) is 58.1 Å². The minimum Gasteiger partial charge on any atom is -0.490 e. The summed E-state index contributed by atoms with van der Waals surface area (Å²) in [6.07, 6.45) is 1.13. The lowest BCUT2D eigenvalue weighted by atomic mass is 10.2. The van der Waals surface area contributed by atoms with Crippen LogP contribution in [0.5, 0.6) is 11.5 Å². The lowest BCUT2D eigenvalue weighted by Crippen LogP contribution is -2.19. The normalized spacial score (nSPS) is 10.5. The Bertz CT molecular complexity index is 356. The van der Waals surface area contributed by atoms with E-state index in [0.717, 1.165) is 37.6 Å². The van der Waals surface area contributed by atoms with Crippen molar-refractivity contribution in [1.29, 1.82) is 0 Å². The van der Waals surface area contributed by atoms with Gasteiger partial charge < -0.3 is 20.1 Å². The SMILES string of the molecule is CCOc1ccc(CNCCCNC)cc1OCC. The summed E-state index contributed by atoms with van der Waals surface area (Å²) in [5.41, 5.74) is 1.22. The average molecular weight is 266 g/mol. The third-order valence-electron chi connectivity index (χ3n) is 2.72. The largest absolute Gasteiger partial charge is 0.490 e. The van der Waals surface area contributed by atoms with Crippen molar-refractivity contribution >= 4 is 0 Å². The van der Waals surface area contributed by atoms with Gasteiger partial charge in [-0.2, -0.15) is 0 Å². The molecule has 0 aliphatic heterocycles. The fourth-order valence-corrected chi connectivity index (χ4v) is 1.83. The molecule has 19 heavy (non-hydrogen) atoms. The summed E-state index contributed by atoms with van der Waals surface area (Å²) in [6, 6.07) is 6.12. The molecule has 1 rings (SSSR count). The van der Waals surface area contributed by atoms with Gasteiger partial charge in [0.05, 0.1) is 13.2 Å². The molecule has 0 heterocycles. The molecular weight excluding hydrogens is 240 g/mol. The molecule has 0 saturated heterocycles. The number of nitrogens with one attached hydrogen (secondary N) is 2. The molecule has 1 aromatic carbocycles. The Morgan fingerprint density at radius 3 is 2.42 bits per heavy atom. The van der Waals surface area contributed by atoms with E-state index in [9.17, 15) is 0 Å². The number of hydrogen-bond donors (Lipinski definition) is 2. The fourth-order valence-electron chi connectivity index (χ4n) is 1.83. The molecule has 4 heteroatoms. The highest BCUT2D eigenvalue weighted by Crippen LogP contribution is 2.28. The Morgan fingerprint density at radius 1 is 1.00 bits per heavy atom. The van der Waals surface area contributed by atoms with Gasteiger partial charge >= 0.3 is 0 Å². The van der Waals surface area contributed by atoms with Crippen molar-refractivity contribution in [3.8, 4) is 11.5 Å². The minimum absolute atomic E-state index is 0.652. The van der Waals surface area contributed by atoms with Gasteiger partial charge in [-0.3, -0.25) is 0 Å². The van der Waals surface area contributed by atoms with E-state index >= 15 is 0 Å². The maximum atomic E-state index is 5.61. The van der Waals surface area contributed by atoms with Crippen molar-refractivity contribution in [2.45, 2.75) is 26.8 Å². The van der Waals surface area contributed by atoms with E-state index in [1.54, 1.807) is 0 Å². The monoisotopic (exact) mass is 266 g/mol. The predicted octanol–water partition coefficient (Wildman–Crippen LogP) is 2.18. The van der Waals surface area contributed by atoms with Crippen molar-refractivity contribution in [1.82, 2.24) is 10.6 Å². The topological polar surface area (TPSA) is 42.5 Å². The highest BCUT2D eigenvalue weighted by Gasteiger charge is 2.05. The van der Waals surface area contributed by atoms with Crippen LogP contribution in [0.25, 0.3) is 0 Å². The van der Waals surface area contributed by atoms with E-state index in [0.29, 0.717) is 13.2 Å². The van der Waals surface area contributed by atoms with Crippen LogP contribution in [0.15, 0.2) is 18.2 Å². The predicted molar refractivity (Wildman–Crippen MR) is 79.0 cm³/mol. The fraction of sp³-hybridized carbons (Fsp3) is 0.600. The van der Waals surface area contributed by atoms with Crippen LogP contribution in [0.3, 0.4) is 0 Å². The summed E-state index contributed by atoms with van der Waals surface area (Å²) in [5.74, 6) is 1.65. The highest BCUT2D eigenvalue weighted by atomic mass is 16.5. The number of rotatable bonds is 10. The Kier molecular flexibility index (Phi) is 8.02. The van der Waals surface area contributed by atoms with Gasteiger partial charge in [-0.25, -0.2) is 0 Å². The van der Waals surface area contributed by atoms with Gasteiger partial charge in [-0.1, -0.05) is 6.07 Å². The second-order valence-electron chi connectivity index (χ2n) is 4.28. The molecule has 0 aliphatic carbocycles. The molecule has 0 unspecified atom stereocenters. The third-order valence-corrected chi connectivity index (χ3v) is 2.72. The van der Waals surface area contributed by atoms with E-state index < -0.39 is 0 Å². The van der Waals surface area contributed by atoms with Gasteiger partial charge in [0.2, 0.25) is 0 Å². The Hall–Kier alpha value is -1.26. The molecule has 108 valence electrons. The molecule has 0 spiro atoms. The lowest BCUT2D eigenvalue weighted by molar-refractivity contribution is 0.287. The van der Waals surface area contributed by atoms with Crippen molar-refractivity contribution in [2.24, 2.45) is 0 Å². The van der Waals surface area contributed by atoms with E-state index in [4.69, 9.17) is 9.47 Å². The zero-order chi connectivity index (χ0) is 13.9. The standard InChI is InChI=1S/C15H26N2O2/c1-4-18-14-8-7-13(11-15(14)19-5-2)12-17-10-6-9-16-3/h7-8,11,16-17H,4-6,9-10,12H2,1-3H3.